The molecule has 0 spiro atoms. The van der Waals surface area contributed by atoms with E-state index in [2.05, 4.69) is 5.32 Å². The number of amides is 1. The first-order chi connectivity index (χ1) is 12.9. The molecule has 2 aromatic carbocycles. The van der Waals surface area contributed by atoms with E-state index in [1.54, 1.807) is 48.5 Å². The number of nitrogens with zero attached hydrogens (tertiary/aromatic N) is 1. The van der Waals surface area contributed by atoms with E-state index in [0.717, 1.165) is 5.56 Å². The minimum Gasteiger partial charge on any atom is -0.494 e. The van der Waals surface area contributed by atoms with Gasteiger partial charge in [-0.3, -0.25) is 4.79 Å². The van der Waals surface area contributed by atoms with E-state index in [1.807, 2.05) is 20.8 Å². The molecule has 0 bridgehead atoms. The molecule has 0 aliphatic carbocycles. The van der Waals surface area contributed by atoms with Crippen LogP contribution in [0.5, 0.6) is 5.75 Å². The van der Waals surface area contributed by atoms with Crippen LogP contribution in [0.1, 0.15) is 36.7 Å². The first kappa shape index (κ1) is 20.9. The standard InChI is InChI=1S/C20H26N2O4S/c1-4-22(5-2)27(24,25)19-12-10-16(11-13-19)15-21-20(23)17-8-7-9-18(14-17)26-6-3/h7-14H,4-6,15H2,1-3H3,(H,21,23). The van der Waals surface area contributed by atoms with Crippen LogP contribution in [0, 0.1) is 0 Å². The molecular formula is C20H26N2O4S. The van der Waals surface area contributed by atoms with Crippen molar-refractivity contribution in [3.05, 3.63) is 59.7 Å². The summed E-state index contributed by atoms with van der Waals surface area (Å²) in [5.74, 6) is 0.438. The van der Waals surface area contributed by atoms with Gasteiger partial charge in [0, 0.05) is 25.2 Å². The lowest BCUT2D eigenvalue weighted by Crippen LogP contribution is -2.30. The Balaban J connectivity index is 2.03. The molecule has 0 saturated carbocycles. The molecule has 6 nitrogen and oxygen atoms in total. The van der Waals surface area contributed by atoms with Gasteiger partial charge in [0.15, 0.2) is 0 Å². The van der Waals surface area contributed by atoms with Crippen molar-refractivity contribution in [1.29, 1.82) is 0 Å². The fraction of sp³-hybridized carbons (Fsp3) is 0.350. The smallest absolute Gasteiger partial charge is 0.251 e. The monoisotopic (exact) mass is 390 g/mol. The lowest BCUT2D eigenvalue weighted by atomic mass is 10.2. The summed E-state index contributed by atoms with van der Waals surface area (Å²) >= 11 is 0. The third-order valence-corrected chi connectivity index (χ3v) is 6.19. The van der Waals surface area contributed by atoms with Crippen molar-refractivity contribution in [3.8, 4) is 5.75 Å². The van der Waals surface area contributed by atoms with Gasteiger partial charge in [-0.2, -0.15) is 4.31 Å². The van der Waals surface area contributed by atoms with Crippen LogP contribution in [0.4, 0.5) is 0 Å². The molecule has 1 amide bonds. The van der Waals surface area contributed by atoms with E-state index in [-0.39, 0.29) is 10.8 Å². The van der Waals surface area contributed by atoms with Crippen molar-refractivity contribution in [3.63, 3.8) is 0 Å². The Labute approximate surface area is 161 Å². The summed E-state index contributed by atoms with van der Waals surface area (Å²) < 4.78 is 31.8. The minimum atomic E-state index is -3.47. The van der Waals surface area contributed by atoms with E-state index >= 15 is 0 Å². The van der Waals surface area contributed by atoms with Crippen molar-refractivity contribution < 1.29 is 17.9 Å². The van der Waals surface area contributed by atoms with Gasteiger partial charge in [0.25, 0.3) is 5.91 Å². The highest BCUT2D eigenvalue weighted by Gasteiger charge is 2.21. The van der Waals surface area contributed by atoms with Crippen LogP contribution in [0.25, 0.3) is 0 Å². The van der Waals surface area contributed by atoms with Gasteiger partial charge in [-0.15, -0.1) is 0 Å². The average Bonchev–Trinajstić information content (AvgIpc) is 2.67. The third kappa shape index (κ3) is 5.30. The molecular weight excluding hydrogens is 364 g/mol. The molecule has 0 heterocycles. The molecule has 7 heteroatoms. The van der Waals surface area contributed by atoms with Gasteiger partial charge in [-0.1, -0.05) is 32.0 Å². The first-order valence-corrected chi connectivity index (χ1v) is 10.5. The number of hydrogen-bond donors (Lipinski definition) is 1. The number of nitrogens with one attached hydrogen (secondary N) is 1. The second kappa shape index (κ2) is 9.53. The van der Waals surface area contributed by atoms with Crippen LogP contribution >= 0.6 is 0 Å². The Hall–Kier alpha value is -2.38. The van der Waals surface area contributed by atoms with Gasteiger partial charge in [-0.05, 0) is 42.8 Å². The maximum absolute atomic E-state index is 12.5. The summed E-state index contributed by atoms with van der Waals surface area (Å²) in [7, 11) is -3.47. The fourth-order valence-electron chi connectivity index (χ4n) is 2.67. The average molecular weight is 391 g/mol. The van der Waals surface area contributed by atoms with Crippen molar-refractivity contribution in [2.45, 2.75) is 32.2 Å². The topological polar surface area (TPSA) is 75.7 Å². The van der Waals surface area contributed by atoms with Gasteiger partial charge in [0.05, 0.1) is 11.5 Å². The van der Waals surface area contributed by atoms with Crippen molar-refractivity contribution >= 4 is 15.9 Å². The third-order valence-electron chi connectivity index (χ3n) is 4.13. The quantitative estimate of drug-likeness (QED) is 0.714. The van der Waals surface area contributed by atoms with Gasteiger partial charge in [-0.25, -0.2) is 8.42 Å². The predicted octanol–water partition coefficient (Wildman–Crippen LogP) is 3.05. The summed E-state index contributed by atoms with van der Waals surface area (Å²) in [5.41, 5.74) is 1.34. The molecule has 0 aliphatic heterocycles. The molecule has 0 atom stereocenters. The molecule has 146 valence electrons. The predicted molar refractivity (Wildman–Crippen MR) is 105 cm³/mol. The van der Waals surface area contributed by atoms with E-state index in [0.29, 0.717) is 37.6 Å². The maximum Gasteiger partial charge on any atom is 0.251 e. The zero-order chi connectivity index (χ0) is 19.9. The molecule has 1 N–H and O–H groups in total. The van der Waals surface area contributed by atoms with Crippen molar-refractivity contribution in [1.82, 2.24) is 9.62 Å². The van der Waals surface area contributed by atoms with E-state index in [1.165, 1.54) is 4.31 Å². The Morgan fingerprint density at radius 1 is 1.04 bits per heavy atom. The summed E-state index contributed by atoms with van der Waals surface area (Å²) in [6.45, 7) is 7.21. The molecule has 0 saturated heterocycles. The second-order valence-corrected chi connectivity index (χ2v) is 7.81. The van der Waals surface area contributed by atoms with Gasteiger partial charge < -0.3 is 10.1 Å². The molecule has 0 unspecified atom stereocenters. The zero-order valence-electron chi connectivity index (χ0n) is 15.9. The SMILES string of the molecule is CCOc1cccc(C(=O)NCc2ccc(S(=O)(=O)N(CC)CC)cc2)c1. The summed E-state index contributed by atoms with van der Waals surface area (Å²) in [5, 5.41) is 2.83. The molecule has 0 fully saturated rings. The van der Waals surface area contributed by atoms with Crippen LogP contribution in [-0.4, -0.2) is 38.3 Å². The normalized spacial score (nSPS) is 11.4. The number of carbonyl (C=O) groups excluding carboxylic acids is 1. The van der Waals surface area contributed by atoms with E-state index in [4.69, 9.17) is 4.74 Å². The van der Waals surface area contributed by atoms with Crippen LogP contribution in [0.3, 0.4) is 0 Å². The minimum absolute atomic E-state index is 0.212. The number of benzene rings is 2. The number of hydrogen-bond acceptors (Lipinski definition) is 4. The van der Waals surface area contributed by atoms with E-state index < -0.39 is 10.0 Å². The first-order valence-electron chi connectivity index (χ1n) is 9.02. The largest absolute Gasteiger partial charge is 0.494 e. The fourth-order valence-corrected chi connectivity index (χ4v) is 4.13. The Morgan fingerprint density at radius 3 is 2.30 bits per heavy atom. The van der Waals surface area contributed by atoms with Gasteiger partial charge in [0.1, 0.15) is 5.75 Å². The van der Waals surface area contributed by atoms with Crippen LogP contribution in [0.2, 0.25) is 0 Å². The van der Waals surface area contributed by atoms with Crippen molar-refractivity contribution in [2.24, 2.45) is 0 Å². The van der Waals surface area contributed by atoms with Crippen LogP contribution < -0.4 is 10.1 Å². The van der Waals surface area contributed by atoms with Gasteiger partial charge in [0.2, 0.25) is 10.0 Å². The Morgan fingerprint density at radius 2 is 1.70 bits per heavy atom. The molecule has 0 radical (unpaired) electrons. The van der Waals surface area contributed by atoms with Crippen LogP contribution in [0.15, 0.2) is 53.4 Å². The molecule has 0 aromatic heterocycles. The molecule has 2 rings (SSSR count). The second-order valence-electron chi connectivity index (χ2n) is 5.88. The summed E-state index contributed by atoms with van der Waals surface area (Å²) in [4.78, 5) is 12.6. The number of carbonyl (C=O) groups is 1. The molecule has 0 aliphatic rings. The van der Waals surface area contributed by atoms with Crippen LogP contribution in [-0.2, 0) is 16.6 Å². The lowest BCUT2D eigenvalue weighted by Gasteiger charge is -2.18. The highest BCUT2D eigenvalue weighted by Crippen LogP contribution is 2.17. The number of sulfonamides is 1. The summed E-state index contributed by atoms with van der Waals surface area (Å²) in [6, 6.07) is 13.6. The highest BCUT2D eigenvalue weighted by molar-refractivity contribution is 7.89. The van der Waals surface area contributed by atoms with Gasteiger partial charge >= 0.3 is 0 Å². The Kier molecular flexibility index (Phi) is 7.38. The number of ether oxygens (including phenoxy) is 1. The van der Waals surface area contributed by atoms with Crippen molar-refractivity contribution in [2.75, 3.05) is 19.7 Å². The maximum atomic E-state index is 12.5. The molecule has 2 aromatic rings. The van der Waals surface area contributed by atoms with E-state index in [9.17, 15) is 13.2 Å². The number of rotatable bonds is 9. The Bertz CT molecular complexity index is 860. The zero-order valence-corrected chi connectivity index (χ0v) is 16.8. The summed E-state index contributed by atoms with van der Waals surface area (Å²) in [6.07, 6.45) is 0. The molecule has 27 heavy (non-hydrogen) atoms. The highest BCUT2D eigenvalue weighted by atomic mass is 32.2. The lowest BCUT2D eigenvalue weighted by molar-refractivity contribution is 0.0950.